The van der Waals surface area contributed by atoms with Crippen LogP contribution in [0.2, 0.25) is 19.6 Å². The maximum Gasteiger partial charge on any atom is -1.00 e. The van der Waals surface area contributed by atoms with Gasteiger partial charge in [0.1, 0.15) is 0 Å². The number of hydrogen-bond donors (Lipinski definition) is 0. The maximum atomic E-state index is 6.63. The predicted octanol–water partition coefficient (Wildman–Crippen LogP) is 0.981. The summed E-state index contributed by atoms with van der Waals surface area (Å²) in [5.74, 6) is 1.98. The molecule has 2 nitrogen and oxygen atoms in total. The first kappa shape index (κ1) is 27.1. The summed E-state index contributed by atoms with van der Waals surface area (Å²) >= 11 is -0.736. The maximum absolute atomic E-state index is 6.63. The second-order valence-electron chi connectivity index (χ2n) is 9.42. The van der Waals surface area contributed by atoms with Gasteiger partial charge in [-0.15, -0.1) is 0 Å². The Kier molecular flexibility index (Phi) is 8.51. The fraction of sp³-hybridized carbons (Fsp3) is 0.250. The molecule has 0 saturated heterocycles. The van der Waals surface area contributed by atoms with Crippen molar-refractivity contribution in [1.82, 2.24) is 0 Å². The number of halogens is 2. The van der Waals surface area contributed by atoms with E-state index in [1.54, 1.807) is 7.11 Å². The first-order chi connectivity index (χ1) is 15.4. The molecule has 0 radical (unpaired) electrons. The van der Waals surface area contributed by atoms with Crippen LogP contribution in [0.5, 0.6) is 0 Å². The Morgan fingerprint density at radius 2 is 1.35 bits per heavy atom. The molecule has 3 aromatic carbocycles. The van der Waals surface area contributed by atoms with Crippen LogP contribution in [0.4, 0.5) is 0 Å². The first-order valence-electron chi connectivity index (χ1n) is 11.3. The van der Waals surface area contributed by atoms with Crippen LogP contribution in [-0.4, -0.2) is 19.1 Å². The quantitative estimate of drug-likeness (QED) is 0.415. The molecular weight excluding hydrogens is 559 g/mol. The van der Waals surface area contributed by atoms with E-state index in [4.69, 9.17) is 9.16 Å². The van der Waals surface area contributed by atoms with Crippen LogP contribution in [0.15, 0.2) is 72.5 Å². The molecule has 0 N–H and O–H groups in total. The largest absolute Gasteiger partial charge is 1.00 e. The van der Waals surface area contributed by atoms with E-state index < -0.39 is 31.1 Å². The van der Waals surface area contributed by atoms with Crippen molar-refractivity contribution in [3.05, 3.63) is 100 Å². The van der Waals surface area contributed by atoms with E-state index in [9.17, 15) is 0 Å². The van der Waals surface area contributed by atoms with E-state index in [1.165, 1.54) is 38.9 Å². The van der Waals surface area contributed by atoms with E-state index in [1.807, 2.05) is 0 Å². The van der Waals surface area contributed by atoms with Crippen molar-refractivity contribution in [3.8, 4) is 11.1 Å². The van der Waals surface area contributed by atoms with Gasteiger partial charge < -0.3 is 24.8 Å². The molecule has 5 rings (SSSR count). The Balaban J connectivity index is 0.00000162. The van der Waals surface area contributed by atoms with E-state index in [-0.39, 0.29) is 30.7 Å². The van der Waals surface area contributed by atoms with Gasteiger partial charge in [-0.25, -0.2) is 0 Å². The summed E-state index contributed by atoms with van der Waals surface area (Å²) in [6.07, 6.45) is 0. The summed E-state index contributed by atoms with van der Waals surface area (Å²) in [4.78, 5) is 0. The van der Waals surface area contributed by atoms with E-state index >= 15 is 0 Å². The first-order valence-corrected chi connectivity index (χ1v) is 17.5. The van der Waals surface area contributed by atoms with E-state index in [2.05, 4.69) is 97.0 Å². The van der Waals surface area contributed by atoms with Gasteiger partial charge in [-0.1, -0.05) is 0 Å². The Morgan fingerprint density at radius 1 is 0.765 bits per heavy atom. The summed E-state index contributed by atoms with van der Waals surface area (Å²) < 4.78 is 15.8. The van der Waals surface area contributed by atoms with Gasteiger partial charge in [0.25, 0.3) is 0 Å². The molecule has 175 valence electrons. The fourth-order valence-electron chi connectivity index (χ4n) is 5.17. The molecule has 0 bridgehead atoms. The average Bonchev–Trinajstić information content (AvgIpc) is 3.26. The van der Waals surface area contributed by atoms with Gasteiger partial charge in [0.05, 0.1) is 0 Å². The van der Waals surface area contributed by atoms with Crippen LogP contribution in [0.3, 0.4) is 0 Å². The zero-order valence-electron chi connectivity index (χ0n) is 20.2. The molecule has 2 aliphatic rings. The van der Waals surface area contributed by atoms with Crippen molar-refractivity contribution < 1.29 is 56.7 Å². The minimum atomic E-state index is -1.81. The van der Waals surface area contributed by atoms with Crippen molar-refractivity contribution in [3.63, 3.8) is 0 Å². The smallest absolute Gasteiger partial charge is 1.00 e. The molecule has 0 aromatic heterocycles. The molecule has 2 unspecified atom stereocenters. The second kappa shape index (κ2) is 10.7. The zero-order chi connectivity index (χ0) is 22.5. The van der Waals surface area contributed by atoms with Gasteiger partial charge in [-0.2, -0.15) is 0 Å². The monoisotopic (exact) mass is 585 g/mol. The molecule has 0 aliphatic heterocycles. The molecular formula is C28H29Cl2O2SiZr. The number of allylic oxidation sites excluding steroid dienone is 1. The molecule has 6 heteroatoms. The fourth-order valence-corrected chi connectivity index (χ4v) is 9.08. The summed E-state index contributed by atoms with van der Waals surface area (Å²) in [6, 6.07) is 24.5. The Labute approximate surface area is 227 Å². The minimum Gasteiger partial charge on any atom is -1.00 e. The van der Waals surface area contributed by atoms with Crippen LogP contribution in [-0.2, 0) is 31.9 Å². The molecule has 3 aromatic rings. The second-order valence-corrected chi connectivity index (χ2v) is 17.5. The van der Waals surface area contributed by atoms with Crippen molar-refractivity contribution in [2.45, 2.75) is 36.1 Å². The predicted molar refractivity (Wildman–Crippen MR) is 132 cm³/mol. The van der Waals surface area contributed by atoms with Crippen molar-refractivity contribution in [1.29, 1.82) is 0 Å². The minimum absolute atomic E-state index is 0. The molecule has 0 saturated carbocycles. The van der Waals surface area contributed by atoms with Crippen LogP contribution in [0.1, 0.15) is 44.3 Å². The Bertz CT molecular complexity index is 1260. The third-order valence-corrected chi connectivity index (χ3v) is 10.2. The number of ether oxygens (including phenoxy) is 1. The molecule has 0 spiro atoms. The topological polar surface area (TPSA) is 18.5 Å². The van der Waals surface area contributed by atoms with Gasteiger partial charge in [-0.3, -0.25) is 0 Å². The molecule has 0 amide bonds. The third-order valence-electron chi connectivity index (χ3n) is 6.27. The van der Waals surface area contributed by atoms with Crippen molar-refractivity contribution in [2.75, 3.05) is 7.11 Å². The summed E-state index contributed by atoms with van der Waals surface area (Å²) in [7, 11) is -0.0129. The van der Waals surface area contributed by atoms with E-state index in [0.717, 1.165) is 11.5 Å². The van der Waals surface area contributed by atoms with Gasteiger partial charge in [0, 0.05) is 0 Å². The number of benzene rings is 3. The molecule has 34 heavy (non-hydrogen) atoms. The normalized spacial score (nSPS) is 17.8. The van der Waals surface area contributed by atoms with Gasteiger partial charge in [0.2, 0.25) is 0 Å². The average molecular weight is 588 g/mol. The number of fused-ring (bicyclic) bond motifs is 4. The van der Waals surface area contributed by atoms with Crippen LogP contribution in [0, 0.1) is 0 Å². The van der Waals surface area contributed by atoms with Gasteiger partial charge >= 0.3 is 204 Å². The number of hydrogen-bond acceptors (Lipinski definition) is 2. The van der Waals surface area contributed by atoms with E-state index in [0.29, 0.717) is 3.63 Å². The molecule has 0 fully saturated rings. The number of methoxy groups -OCH3 is 1. The SMILES string of the molecule is C[CH]=[Zr+2][CH]1c2ccccc2-c2cccc(C3C(OC)=C(O[Si](C)(C)C)c4ccccc43)c21.[Cl-].[Cl-]. The van der Waals surface area contributed by atoms with Crippen LogP contribution >= 0.6 is 0 Å². The van der Waals surface area contributed by atoms with Crippen LogP contribution < -0.4 is 24.8 Å². The standard InChI is InChI=1S/C26H25O2Si.C2H4.2ClH.Zr/c1-27-26-24(20-12-7-8-13-22(20)25(26)28-29(2,3)4)21-15-9-14-19-18-11-6-5-10-17(18)16-23(19)21;1-2;;;/h5-16,24H,1-4H3;1H,2H3;2*1H;/q;;;;+2/p-2. The molecule has 2 atom stereocenters. The van der Waals surface area contributed by atoms with Crippen molar-refractivity contribution >= 4 is 17.8 Å². The third kappa shape index (κ3) is 4.55. The van der Waals surface area contributed by atoms with Crippen molar-refractivity contribution in [2.24, 2.45) is 0 Å². The van der Waals surface area contributed by atoms with Gasteiger partial charge in [0.15, 0.2) is 0 Å². The number of rotatable bonds is 5. The summed E-state index contributed by atoms with van der Waals surface area (Å²) in [5.41, 5.74) is 9.69. The van der Waals surface area contributed by atoms with Gasteiger partial charge in [-0.05, 0) is 0 Å². The molecule has 2 aliphatic carbocycles. The molecule has 0 heterocycles. The van der Waals surface area contributed by atoms with Crippen LogP contribution in [0.25, 0.3) is 16.9 Å². The zero-order valence-corrected chi connectivity index (χ0v) is 25.1. The Hall–Kier alpha value is -1.45. The summed E-state index contributed by atoms with van der Waals surface area (Å²) in [5, 5.41) is 0. The Morgan fingerprint density at radius 3 is 2.00 bits per heavy atom. The summed E-state index contributed by atoms with van der Waals surface area (Å²) in [6.45, 7) is 8.95.